The zero-order valence-corrected chi connectivity index (χ0v) is 16.6. The number of alkyl halides is 2. The summed E-state index contributed by atoms with van der Waals surface area (Å²) in [6, 6.07) is 7.05. The van der Waals surface area contributed by atoms with Crippen molar-refractivity contribution in [3.8, 4) is 11.8 Å². The fraction of sp³-hybridized carbons (Fsp3) is 0.350. The molecule has 1 aromatic carbocycles. The highest BCUT2D eigenvalue weighted by Crippen LogP contribution is 2.34. The number of pyridine rings is 1. The van der Waals surface area contributed by atoms with E-state index < -0.39 is 6.61 Å². The number of anilines is 1. The van der Waals surface area contributed by atoms with Gasteiger partial charge in [0.15, 0.2) is 0 Å². The van der Waals surface area contributed by atoms with Gasteiger partial charge >= 0.3 is 6.61 Å². The third-order valence-electron chi connectivity index (χ3n) is 5.14. The number of thiazole rings is 1. The molecule has 0 N–H and O–H groups in total. The van der Waals surface area contributed by atoms with Crippen molar-refractivity contribution < 1.29 is 13.5 Å². The van der Waals surface area contributed by atoms with Gasteiger partial charge in [-0.05, 0) is 25.1 Å². The van der Waals surface area contributed by atoms with Crippen molar-refractivity contribution in [3.63, 3.8) is 0 Å². The van der Waals surface area contributed by atoms with E-state index in [0.29, 0.717) is 29.6 Å². The number of hydrogen-bond donors (Lipinski definition) is 0. The second kappa shape index (κ2) is 8.27. The van der Waals surface area contributed by atoms with E-state index in [0.717, 1.165) is 23.8 Å². The van der Waals surface area contributed by atoms with Crippen LogP contribution in [0.5, 0.6) is 5.75 Å². The van der Waals surface area contributed by atoms with Crippen LogP contribution >= 0.6 is 11.3 Å². The minimum absolute atomic E-state index is 0.0571. The van der Waals surface area contributed by atoms with E-state index in [4.69, 9.17) is 0 Å². The molecule has 4 rings (SSSR count). The minimum atomic E-state index is -2.90. The SMILES string of the molecule is CC(c1nccs1)N1CCN(c2c(C#N)cnc3ccc(OC(F)F)cc23)CC1. The molecule has 2 aromatic heterocycles. The maximum absolute atomic E-state index is 12.6. The normalized spacial score (nSPS) is 16.2. The molecule has 3 heterocycles. The number of fused-ring (bicyclic) bond motifs is 1. The van der Waals surface area contributed by atoms with Gasteiger partial charge in [-0.1, -0.05) is 0 Å². The van der Waals surface area contributed by atoms with Crippen LogP contribution in [0.25, 0.3) is 10.9 Å². The van der Waals surface area contributed by atoms with Crippen LogP contribution in [0, 0.1) is 11.3 Å². The lowest BCUT2D eigenvalue weighted by Crippen LogP contribution is -2.47. The number of piperazine rings is 1. The van der Waals surface area contributed by atoms with Crippen LogP contribution in [0.15, 0.2) is 36.0 Å². The summed E-state index contributed by atoms with van der Waals surface area (Å²) in [5.41, 5.74) is 1.78. The second-order valence-electron chi connectivity index (χ2n) is 6.76. The van der Waals surface area contributed by atoms with Crippen LogP contribution in [-0.2, 0) is 0 Å². The monoisotopic (exact) mass is 415 g/mol. The van der Waals surface area contributed by atoms with Gasteiger partial charge in [-0.25, -0.2) is 4.98 Å². The summed E-state index contributed by atoms with van der Waals surface area (Å²) in [4.78, 5) is 13.2. The number of nitrogens with zero attached hydrogens (tertiary/aromatic N) is 5. The van der Waals surface area contributed by atoms with Gasteiger partial charge in [0.1, 0.15) is 16.8 Å². The molecule has 0 bridgehead atoms. The van der Waals surface area contributed by atoms with E-state index in [-0.39, 0.29) is 11.8 Å². The molecule has 1 fully saturated rings. The number of hydrogen-bond acceptors (Lipinski definition) is 7. The van der Waals surface area contributed by atoms with E-state index >= 15 is 0 Å². The number of aromatic nitrogens is 2. The molecular formula is C20H19F2N5OS. The Labute approximate surface area is 171 Å². The van der Waals surface area contributed by atoms with E-state index in [1.807, 2.05) is 11.6 Å². The molecule has 1 atom stereocenters. The summed E-state index contributed by atoms with van der Waals surface area (Å²) < 4.78 is 29.8. The minimum Gasteiger partial charge on any atom is -0.435 e. The molecule has 0 aliphatic carbocycles. The Morgan fingerprint density at radius 1 is 1.21 bits per heavy atom. The van der Waals surface area contributed by atoms with Crippen LogP contribution in [0.2, 0.25) is 0 Å². The topological polar surface area (TPSA) is 65.3 Å². The molecule has 3 aromatic rings. The van der Waals surface area contributed by atoms with E-state index in [9.17, 15) is 14.0 Å². The predicted molar refractivity (Wildman–Crippen MR) is 107 cm³/mol. The summed E-state index contributed by atoms with van der Waals surface area (Å²) in [5, 5.41) is 13.3. The van der Waals surface area contributed by atoms with Gasteiger partial charge in [-0.3, -0.25) is 9.88 Å². The zero-order chi connectivity index (χ0) is 20.4. The second-order valence-corrected chi connectivity index (χ2v) is 7.69. The van der Waals surface area contributed by atoms with Crippen molar-refractivity contribution in [2.75, 3.05) is 31.1 Å². The van der Waals surface area contributed by atoms with Crippen LogP contribution in [-0.4, -0.2) is 47.7 Å². The lowest BCUT2D eigenvalue weighted by Gasteiger charge is -2.39. The highest BCUT2D eigenvalue weighted by Gasteiger charge is 2.26. The van der Waals surface area contributed by atoms with Gasteiger partial charge in [-0.15, -0.1) is 11.3 Å². The molecule has 1 unspecified atom stereocenters. The summed E-state index contributed by atoms with van der Waals surface area (Å²) in [6.07, 6.45) is 3.35. The molecule has 0 spiro atoms. The Kier molecular flexibility index (Phi) is 5.56. The average molecular weight is 415 g/mol. The van der Waals surface area contributed by atoms with Gasteiger partial charge in [0.2, 0.25) is 0 Å². The van der Waals surface area contributed by atoms with Crippen molar-refractivity contribution in [3.05, 3.63) is 46.5 Å². The van der Waals surface area contributed by atoms with E-state index in [1.54, 1.807) is 17.4 Å². The molecular weight excluding hydrogens is 396 g/mol. The van der Waals surface area contributed by atoms with Gasteiger partial charge in [0.25, 0.3) is 0 Å². The van der Waals surface area contributed by atoms with Crippen LogP contribution in [0.3, 0.4) is 0 Å². The number of rotatable bonds is 5. The van der Waals surface area contributed by atoms with Crippen molar-refractivity contribution >= 4 is 27.9 Å². The Bertz CT molecular complexity index is 1030. The molecule has 29 heavy (non-hydrogen) atoms. The van der Waals surface area contributed by atoms with E-state index in [1.165, 1.54) is 18.3 Å². The predicted octanol–water partition coefficient (Wildman–Crippen LogP) is 4.05. The zero-order valence-electron chi connectivity index (χ0n) is 15.8. The van der Waals surface area contributed by atoms with Crippen molar-refractivity contribution in [1.29, 1.82) is 5.26 Å². The fourth-order valence-electron chi connectivity index (χ4n) is 3.69. The van der Waals surface area contributed by atoms with Crippen molar-refractivity contribution in [2.24, 2.45) is 0 Å². The maximum Gasteiger partial charge on any atom is 0.387 e. The first-order valence-corrected chi connectivity index (χ1v) is 10.1. The molecule has 1 saturated heterocycles. The number of benzene rings is 1. The average Bonchev–Trinajstić information content (AvgIpc) is 3.27. The molecule has 0 saturated carbocycles. The van der Waals surface area contributed by atoms with Gasteiger partial charge in [0, 0.05) is 49.3 Å². The molecule has 6 nitrogen and oxygen atoms in total. The highest BCUT2D eigenvalue weighted by molar-refractivity contribution is 7.09. The van der Waals surface area contributed by atoms with E-state index in [2.05, 4.69) is 37.5 Å². The number of ether oxygens (including phenoxy) is 1. The Hall–Kier alpha value is -2.83. The van der Waals surface area contributed by atoms with Gasteiger partial charge in [0.05, 0.1) is 22.8 Å². The lowest BCUT2D eigenvalue weighted by molar-refractivity contribution is -0.0497. The lowest BCUT2D eigenvalue weighted by atomic mass is 10.1. The maximum atomic E-state index is 12.6. The molecule has 0 radical (unpaired) electrons. The number of halogens is 2. The fourth-order valence-corrected chi connectivity index (χ4v) is 4.42. The van der Waals surface area contributed by atoms with Crippen LogP contribution in [0.4, 0.5) is 14.5 Å². The summed E-state index contributed by atoms with van der Waals surface area (Å²) in [7, 11) is 0. The number of nitriles is 1. The Balaban J connectivity index is 1.62. The van der Waals surface area contributed by atoms with Crippen LogP contribution < -0.4 is 9.64 Å². The van der Waals surface area contributed by atoms with Gasteiger partial charge < -0.3 is 9.64 Å². The molecule has 9 heteroatoms. The third-order valence-corrected chi connectivity index (χ3v) is 6.09. The molecule has 0 amide bonds. The van der Waals surface area contributed by atoms with Crippen LogP contribution in [0.1, 0.15) is 23.5 Å². The summed E-state index contributed by atoms with van der Waals surface area (Å²) in [6.45, 7) is 2.28. The molecule has 1 aliphatic heterocycles. The smallest absolute Gasteiger partial charge is 0.387 e. The summed E-state index contributed by atoms with van der Waals surface area (Å²) in [5.74, 6) is 0.0571. The van der Waals surface area contributed by atoms with Crippen molar-refractivity contribution in [2.45, 2.75) is 19.6 Å². The Morgan fingerprint density at radius 3 is 2.66 bits per heavy atom. The first-order chi connectivity index (χ1) is 14.1. The molecule has 1 aliphatic rings. The molecule has 150 valence electrons. The standard InChI is InChI=1S/C20H19F2N5OS/c1-13(19-24-4-9-29-19)26-5-7-27(8-6-26)18-14(11-23)12-25-17-3-2-15(10-16(17)18)28-20(21)22/h2-4,9-10,12-13,20H,5-8H2,1H3. The first-order valence-electron chi connectivity index (χ1n) is 9.23. The largest absolute Gasteiger partial charge is 0.435 e. The Morgan fingerprint density at radius 2 is 2.00 bits per heavy atom. The first kappa shape index (κ1) is 19.5. The van der Waals surface area contributed by atoms with Gasteiger partial charge in [-0.2, -0.15) is 14.0 Å². The third kappa shape index (κ3) is 3.99. The summed E-state index contributed by atoms with van der Waals surface area (Å²) >= 11 is 1.64. The highest BCUT2D eigenvalue weighted by atomic mass is 32.1. The van der Waals surface area contributed by atoms with Crippen molar-refractivity contribution in [1.82, 2.24) is 14.9 Å². The quantitative estimate of drug-likeness (QED) is 0.627.